The number of anilines is 2. The van der Waals surface area contributed by atoms with Crippen molar-refractivity contribution in [2.24, 2.45) is 0 Å². The van der Waals surface area contributed by atoms with E-state index < -0.39 is 5.91 Å². The Labute approximate surface area is 198 Å². The van der Waals surface area contributed by atoms with Crippen LogP contribution in [-0.2, 0) is 6.54 Å². The minimum absolute atomic E-state index is 0.0000300. The van der Waals surface area contributed by atoms with E-state index in [1.165, 1.54) is 11.6 Å². The lowest BCUT2D eigenvalue weighted by molar-refractivity contribution is 0.0997. The van der Waals surface area contributed by atoms with Gasteiger partial charge in [0.05, 0.1) is 5.39 Å². The predicted octanol–water partition coefficient (Wildman–Crippen LogP) is 4.68. The summed E-state index contributed by atoms with van der Waals surface area (Å²) >= 11 is 0. The molecule has 0 atom stereocenters. The summed E-state index contributed by atoms with van der Waals surface area (Å²) in [6.45, 7) is 6.82. The molecule has 0 spiro atoms. The summed E-state index contributed by atoms with van der Waals surface area (Å²) in [6.07, 6.45) is 0. The number of fused-ring (bicyclic) bond motifs is 1. The van der Waals surface area contributed by atoms with E-state index in [1.807, 2.05) is 43.3 Å². The molecule has 1 aromatic heterocycles. The van der Waals surface area contributed by atoms with E-state index >= 15 is 0 Å². The molecule has 1 amide bonds. The Morgan fingerprint density at radius 3 is 2.38 bits per heavy atom. The van der Waals surface area contributed by atoms with E-state index in [1.54, 1.807) is 12.1 Å². The van der Waals surface area contributed by atoms with Crippen LogP contribution in [0.5, 0.6) is 0 Å². The maximum absolute atomic E-state index is 12.7. The number of aryl methyl sites for hydroxylation is 1. The van der Waals surface area contributed by atoms with Crippen LogP contribution >= 0.6 is 0 Å². The topological polar surface area (TPSA) is 65.8 Å². The highest BCUT2D eigenvalue weighted by Gasteiger charge is 2.18. The molecular formula is C28H27N3O3. The molecule has 1 fully saturated rings. The first-order valence-corrected chi connectivity index (χ1v) is 11.5. The van der Waals surface area contributed by atoms with Crippen molar-refractivity contribution in [2.75, 3.05) is 36.4 Å². The standard InChI is InChI=1S/C28H27N3O3/c1-20-7-12-26-24(17-20)25(32)18-27(34-26)28(33)29-22-8-10-23(11-9-22)31-15-13-30(14-16-31)19-21-5-3-2-4-6-21/h2-12,17-18H,13-16,19H2,1H3,(H,29,33). The molecule has 0 saturated carbocycles. The number of benzene rings is 3. The van der Waals surface area contributed by atoms with Gasteiger partial charge in [0.25, 0.3) is 5.91 Å². The van der Waals surface area contributed by atoms with Gasteiger partial charge >= 0.3 is 0 Å². The van der Waals surface area contributed by atoms with Crippen molar-refractivity contribution in [3.8, 4) is 0 Å². The second-order valence-electron chi connectivity index (χ2n) is 8.72. The van der Waals surface area contributed by atoms with Crippen LogP contribution in [0.1, 0.15) is 21.7 Å². The Morgan fingerprint density at radius 2 is 1.65 bits per heavy atom. The number of piperazine rings is 1. The van der Waals surface area contributed by atoms with Crippen molar-refractivity contribution in [1.29, 1.82) is 0 Å². The van der Waals surface area contributed by atoms with Crippen LogP contribution in [0.2, 0.25) is 0 Å². The molecule has 0 unspecified atom stereocenters. The van der Waals surface area contributed by atoms with Crippen molar-refractivity contribution in [2.45, 2.75) is 13.5 Å². The van der Waals surface area contributed by atoms with Gasteiger partial charge in [-0.15, -0.1) is 0 Å². The van der Waals surface area contributed by atoms with E-state index in [-0.39, 0.29) is 11.2 Å². The molecule has 1 aliphatic heterocycles. The van der Waals surface area contributed by atoms with Gasteiger partial charge in [-0.05, 0) is 48.9 Å². The summed E-state index contributed by atoms with van der Waals surface area (Å²) in [5.41, 5.74) is 4.28. The first kappa shape index (κ1) is 21.9. The number of carbonyl (C=O) groups is 1. The summed E-state index contributed by atoms with van der Waals surface area (Å²) in [7, 11) is 0. The molecule has 172 valence electrons. The van der Waals surface area contributed by atoms with Crippen LogP contribution in [0.4, 0.5) is 11.4 Å². The van der Waals surface area contributed by atoms with Gasteiger partial charge in [0.15, 0.2) is 11.2 Å². The fourth-order valence-corrected chi connectivity index (χ4v) is 4.34. The highest BCUT2D eigenvalue weighted by Crippen LogP contribution is 2.21. The molecule has 3 aromatic carbocycles. The highest BCUT2D eigenvalue weighted by molar-refractivity contribution is 6.03. The predicted molar refractivity (Wildman–Crippen MR) is 136 cm³/mol. The minimum Gasteiger partial charge on any atom is -0.451 e. The average Bonchev–Trinajstić information content (AvgIpc) is 2.86. The molecule has 4 aromatic rings. The molecule has 0 radical (unpaired) electrons. The normalized spacial score (nSPS) is 14.3. The third kappa shape index (κ3) is 4.87. The lowest BCUT2D eigenvalue weighted by Crippen LogP contribution is -2.45. The summed E-state index contributed by atoms with van der Waals surface area (Å²) in [6, 6.07) is 24.9. The maximum atomic E-state index is 12.7. The Bertz CT molecular complexity index is 1360. The molecular weight excluding hydrogens is 426 g/mol. The monoisotopic (exact) mass is 453 g/mol. The first-order chi connectivity index (χ1) is 16.5. The van der Waals surface area contributed by atoms with E-state index in [4.69, 9.17) is 4.42 Å². The summed E-state index contributed by atoms with van der Waals surface area (Å²) in [5, 5.41) is 3.30. The zero-order valence-corrected chi connectivity index (χ0v) is 19.2. The molecule has 5 rings (SSSR count). The van der Waals surface area contributed by atoms with E-state index in [0.29, 0.717) is 16.7 Å². The van der Waals surface area contributed by atoms with Crippen LogP contribution in [-0.4, -0.2) is 37.0 Å². The number of carbonyl (C=O) groups excluding carboxylic acids is 1. The lowest BCUT2D eigenvalue weighted by Gasteiger charge is -2.36. The minimum atomic E-state index is -0.443. The largest absolute Gasteiger partial charge is 0.451 e. The van der Waals surface area contributed by atoms with Crippen molar-refractivity contribution < 1.29 is 9.21 Å². The molecule has 2 heterocycles. The Kier molecular flexibility index (Phi) is 6.14. The summed E-state index contributed by atoms with van der Waals surface area (Å²) in [5.74, 6) is -0.443. The van der Waals surface area contributed by atoms with Gasteiger partial charge in [-0.25, -0.2) is 0 Å². The third-order valence-corrected chi connectivity index (χ3v) is 6.22. The van der Waals surface area contributed by atoms with Gasteiger partial charge in [-0.3, -0.25) is 14.5 Å². The van der Waals surface area contributed by atoms with E-state index in [0.717, 1.165) is 44.0 Å². The van der Waals surface area contributed by atoms with Crippen molar-refractivity contribution in [1.82, 2.24) is 4.90 Å². The summed E-state index contributed by atoms with van der Waals surface area (Å²) < 4.78 is 5.68. The van der Waals surface area contributed by atoms with Crippen molar-refractivity contribution in [3.05, 3.63) is 106 Å². The van der Waals surface area contributed by atoms with Crippen molar-refractivity contribution >= 4 is 28.3 Å². The molecule has 6 nitrogen and oxygen atoms in total. The first-order valence-electron chi connectivity index (χ1n) is 11.5. The molecule has 1 saturated heterocycles. The van der Waals surface area contributed by atoms with Gasteiger partial charge in [0, 0.05) is 50.2 Å². The molecule has 6 heteroatoms. The van der Waals surface area contributed by atoms with E-state index in [9.17, 15) is 9.59 Å². The zero-order valence-electron chi connectivity index (χ0n) is 19.2. The van der Waals surface area contributed by atoms with Gasteiger partial charge in [-0.2, -0.15) is 0 Å². The lowest BCUT2D eigenvalue weighted by atomic mass is 10.1. The smallest absolute Gasteiger partial charge is 0.291 e. The van der Waals surface area contributed by atoms with Gasteiger partial charge in [-0.1, -0.05) is 42.0 Å². The number of nitrogens with zero attached hydrogens (tertiary/aromatic N) is 2. The van der Waals surface area contributed by atoms with Gasteiger partial charge in [0.1, 0.15) is 5.58 Å². The zero-order chi connectivity index (χ0) is 23.5. The van der Waals surface area contributed by atoms with Crippen LogP contribution in [0.25, 0.3) is 11.0 Å². The highest BCUT2D eigenvalue weighted by atomic mass is 16.3. The average molecular weight is 454 g/mol. The number of hydrogen-bond donors (Lipinski definition) is 1. The molecule has 0 bridgehead atoms. The van der Waals surface area contributed by atoms with Crippen LogP contribution < -0.4 is 15.6 Å². The fourth-order valence-electron chi connectivity index (χ4n) is 4.34. The number of amides is 1. The van der Waals surface area contributed by atoms with E-state index in [2.05, 4.69) is 39.4 Å². The quantitative estimate of drug-likeness (QED) is 0.476. The number of rotatable bonds is 5. The van der Waals surface area contributed by atoms with Crippen LogP contribution in [0, 0.1) is 6.92 Å². The van der Waals surface area contributed by atoms with Crippen LogP contribution in [0.3, 0.4) is 0 Å². The number of hydrogen-bond acceptors (Lipinski definition) is 5. The fraction of sp³-hybridized carbons (Fsp3) is 0.214. The maximum Gasteiger partial charge on any atom is 0.291 e. The Morgan fingerprint density at radius 1 is 0.912 bits per heavy atom. The second kappa shape index (κ2) is 9.53. The second-order valence-corrected chi connectivity index (χ2v) is 8.72. The molecule has 0 aliphatic carbocycles. The SMILES string of the molecule is Cc1ccc2oc(C(=O)Nc3ccc(N4CCN(Cc5ccccc5)CC4)cc3)cc(=O)c2c1. The molecule has 1 aliphatic rings. The summed E-state index contributed by atoms with van der Waals surface area (Å²) in [4.78, 5) is 29.9. The van der Waals surface area contributed by atoms with Crippen LogP contribution in [0.15, 0.2) is 88.1 Å². The Balaban J connectivity index is 1.20. The third-order valence-electron chi connectivity index (χ3n) is 6.22. The molecule has 34 heavy (non-hydrogen) atoms. The Hall–Kier alpha value is -3.90. The van der Waals surface area contributed by atoms with Gasteiger partial charge in [0.2, 0.25) is 0 Å². The van der Waals surface area contributed by atoms with Crippen molar-refractivity contribution in [3.63, 3.8) is 0 Å². The van der Waals surface area contributed by atoms with Gasteiger partial charge < -0.3 is 14.6 Å². The number of nitrogens with one attached hydrogen (secondary N) is 1. The molecule has 1 N–H and O–H groups in total.